The number of rotatable bonds is 6. The van der Waals surface area contributed by atoms with Crippen LogP contribution in [0.1, 0.15) is 38.2 Å². The van der Waals surface area contributed by atoms with Crippen LogP contribution in [0.2, 0.25) is 5.02 Å². The lowest BCUT2D eigenvalue weighted by atomic mass is 9.97. The Morgan fingerprint density at radius 1 is 1.21 bits per heavy atom. The van der Waals surface area contributed by atoms with Gasteiger partial charge < -0.3 is 5.32 Å². The monoisotopic (exact) mass is 277 g/mol. The second-order valence-corrected chi connectivity index (χ2v) is 6.66. The summed E-state index contributed by atoms with van der Waals surface area (Å²) < 4.78 is 0. The molecule has 2 saturated carbocycles. The Bertz CT molecular complexity index is 404. The maximum Gasteiger partial charge on any atom is 0.0406 e. The van der Waals surface area contributed by atoms with Crippen molar-refractivity contribution < 1.29 is 0 Å². The molecular weight excluding hydrogens is 254 g/mol. The fourth-order valence-electron chi connectivity index (χ4n) is 4.02. The zero-order valence-corrected chi connectivity index (χ0v) is 12.5. The minimum absolute atomic E-state index is 0.677. The van der Waals surface area contributed by atoms with Gasteiger partial charge in [0, 0.05) is 11.1 Å². The molecule has 0 aliphatic heterocycles. The van der Waals surface area contributed by atoms with Gasteiger partial charge in [0.05, 0.1) is 0 Å². The molecule has 0 aromatic heterocycles. The number of halogens is 1. The molecule has 104 valence electrons. The molecular formula is C17H24ClN. The molecule has 1 aromatic rings. The molecule has 0 heterocycles. The van der Waals surface area contributed by atoms with Gasteiger partial charge in [-0.2, -0.15) is 0 Å². The zero-order chi connectivity index (χ0) is 13.2. The summed E-state index contributed by atoms with van der Waals surface area (Å²) in [5, 5.41) is 4.63. The quantitative estimate of drug-likeness (QED) is 0.818. The predicted molar refractivity (Wildman–Crippen MR) is 81.6 cm³/mol. The van der Waals surface area contributed by atoms with Crippen molar-refractivity contribution in [2.45, 2.75) is 45.1 Å². The van der Waals surface area contributed by atoms with Crippen molar-refractivity contribution in [2.24, 2.45) is 17.8 Å². The Morgan fingerprint density at radius 2 is 1.89 bits per heavy atom. The molecule has 3 unspecified atom stereocenters. The van der Waals surface area contributed by atoms with Gasteiger partial charge in [0.2, 0.25) is 0 Å². The molecule has 1 aromatic carbocycles. The summed E-state index contributed by atoms with van der Waals surface area (Å²) in [5.41, 5.74) is 1.42. The molecule has 1 N–H and O–H groups in total. The summed E-state index contributed by atoms with van der Waals surface area (Å²) >= 11 is 5.97. The molecule has 1 nitrogen and oxygen atoms in total. The van der Waals surface area contributed by atoms with Crippen LogP contribution in [0.4, 0.5) is 0 Å². The molecule has 0 bridgehead atoms. The second-order valence-electron chi connectivity index (χ2n) is 6.23. The lowest BCUT2D eigenvalue weighted by molar-refractivity contribution is 0.403. The Morgan fingerprint density at radius 3 is 2.53 bits per heavy atom. The van der Waals surface area contributed by atoms with Crippen molar-refractivity contribution in [1.29, 1.82) is 0 Å². The first-order chi connectivity index (χ1) is 9.29. The third-order valence-corrected chi connectivity index (χ3v) is 5.21. The van der Waals surface area contributed by atoms with Crippen molar-refractivity contribution in [1.82, 2.24) is 5.32 Å². The first kappa shape index (κ1) is 13.5. The Labute approximate surface area is 121 Å². The SMILES string of the molecule is CCCNC(Cc1ccc(Cl)cc1)C1C2CCCC21. The molecule has 2 fully saturated rings. The van der Waals surface area contributed by atoms with Crippen molar-refractivity contribution >= 4 is 11.6 Å². The molecule has 2 aliphatic carbocycles. The topological polar surface area (TPSA) is 12.0 Å². The molecule has 2 aliphatic rings. The number of hydrogen-bond donors (Lipinski definition) is 1. The normalized spacial score (nSPS) is 30.1. The largest absolute Gasteiger partial charge is 0.313 e. The van der Waals surface area contributed by atoms with Crippen LogP contribution >= 0.6 is 11.6 Å². The van der Waals surface area contributed by atoms with Crippen LogP contribution in [0.5, 0.6) is 0 Å². The summed E-state index contributed by atoms with van der Waals surface area (Å²) in [6.07, 6.45) is 6.79. The van der Waals surface area contributed by atoms with Crippen molar-refractivity contribution in [3.05, 3.63) is 34.9 Å². The van der Waals surface area contributed by atoms with Crippen LogP contribution in [-0.2, 0) is 6.42 Å². The molecule has 19 heavy (non-hydrogen) atoms. The highest BCUT2D eigenvalue weighted by Crippen LogP contribution is 2.59. The van der Waals surface area contributed by atoms with Crippen LogP contribution < -0.4 is 5.32 Å². The fourth-order valence-corrected chi connectivity index (χ4v) is 4.15. The van der Waals surface area contributed by atoms with Crippen molar-refractivity contribution in [3.63, 3.8) is 0 Å². The maximum atomic E-state index is 5.97. The minimum Gasteiger partial charge on any atom is -0.313 e. The fraction of sp³-hybridized carbons (Fsp3) is 0.647. The third-order valence-electron chi connectivity index (χ3n) is 4.96. The van der Waals surface area contributed by atoms with E-state index in [4.69, 9.17) is 11.6 Å². The van der Waals surface area contributed by atoms with E-state index in [0.717, 1.165) is 35.7 Å². The van der Waals surface area contributed by atoms with Crippen molar-refractivity contribution in [3.8, 4) is 0 Å². The first-order valence-corrected chi connectivity index (χ1v) is 8.15. The molecule has 3 rings (SSSR count). The van der Waals surface area contributed by atoms with Crippen LogP contribution in [0, 0.1) is 17.8 Å². The smallest absolute Gasteiger partial charge is 0.0406 e. The number of fused-ring (bicyclic) bond motifs is 1. The molecule has 0 radical (unpaired) electrons. The van der Waals surface area contributed by atoms with E-state index in [9.17, 15) is 0 Å². The van der Waals surface area contributed by atoms with Crippen LogP contribution in [0.15, 0.2) is 24.3 Å². The number of hydrogen-bond acceptors (Lipinski definition) is 1. The molecule has 2 heteroatoms. The lowest BCUT2D eigenvalue weighted by Gasteiger charge is -2.20. The van der Waals surface area contributed by atoms with Gasteiger partial charge in [0.25, 0.3) is 0 Å². The van der Waals surface area contributed by atoms with E-state index in [1.165, 1.54) is 31.2 Å². The molecule has 3 atom stereocenters. The first-order valence-electron chi connectivity index (χ1n) is 7.77. The summed E-state index contributed by atoms with van der Waals surface area (Å²) in [6.45, 7) is 3.40. The molecule has 0 spiro atoms. The van der Waals surface area contributed by atoms with Gasteiger partial charge >= 0.3 is 0 Å². The van der Waals surface area contributed by atoms with E-state index in [1.807, 2.05) is 12.1 Å². The van der Waals surface area contributed by atoms with Gasteiger partial charge in [-0.25, -0.2) is 0 Å². The second kappa shape index (κ2) is 5.85. The van der Waals surface area contributed by atoms with Crippen molar-refractivity contribution in [2.75, 3.05) is 6.54 Å². The van der Waals surface area contributed by atoms with Crippen LogP contribution in [0.3, 0.4) is 0 Å². The van der Waals surface area contributed by atoms with Gasteiger partial charge in [-0.15, -0.1) is 0 Å². The predicted octanol–water partition coefficient (Wildman–Crippen LogP) is 4.30. The average molecular weight is 278 g/mol. The highest BCUT2D eigenvalue weighted by Gasteiger charge is 2.55. The minimum atomic E-state index is 0.677. The Hall–Kier alpha value is -0.530. The van der Waals surface area contributed by atoms with Gasteiger partial charge in [0.15, 0.2) is 0 Å². The molecule has 0 saturated heterocycles. The standard InChI is InChI=1S/C17H24ClN/c1-2-10-19-16(17-14-4-3-5-15(14)17)11-12-6-8-13(18)9-7-12/h6-9,14-17,19H,2-5,10-11H2,1H3. The number of nitrogens with one attached hydrogen (secondary N) is 1. The summed E-state index contributed by atoms with van der Waals surface area (Å²) in [4.78, 5) is 0. The highest BCUT2D eigenvalue weighted by atomic mass is 35.5. The van der Waals surface area contributed by atoms with Gasteiger partial charge in [-0.1, -0.05) is 37.1 Å². The highest BCUT2D eigenvalue weighted by molar-refractivity contribution is 6.30. The van der Waals surface area contributed by atoms with E-state index in [2.05, 4.69) is 24.4 Å². The zero-order valence-electron chi connectivity index (χ0n) is 11.7. The Balaban J connectivity index is 1.64. The van der Waals surface area contributed by atoms with Crippen LogP contribution in [0.25, 0.3) is 0 Å². The Kier molecular flexibility index (Phi) is 4.14. The van der Waals surface area contributed by atoms with Gasteiger partial charge in [0.1, 0.15) is 0 Å². The van der Waals surface area contributed by atoms with Gasteiger partial charge in [-0.05, 0) is 67.7 Å². The lowest BCUT2D eigenvalue weighted by Crippen LogP contribution is -2.35. The average Bonchev–Trinajstić information content (AvgIpc) is 2.90. The van der Waals surface area contributed by atoms with E-state index in [0.29, 0.717) is 6.04 Å². The van der Waals surface area contributed by atoms with E-state index < -0.39 is 0 Å². The van der Waals surface area contributed by atoms with Crippen LogP contribution in [-0.4, -0.2) is 12.6 Å². The summed E-state index contributed by atoms with van der Waals surface area (Å²) in [6, 6.07) is 9.07. The maximum absolute atomic E-state index is 5.97. The number of benzene rings is 1. The van der Waals surface area contributed by atoms with E-state index >= 15 is 0 Å². The third kappa shape index (κ3) is 2.98. The summed E-state index contributed by atoms with van der Waals surface area (Å²) in [7, 11) is 0. The van der Waals surface area contributed by atoms with E-state index in [-0.39, 0.29) is 0 Å². The van der Waals surface area contributed by atoms with Gasteiger partial charge in [-0.3, -0.25) is 0 Å². The molecule has 0 amide bonds. The summed E-state index contributed by atoms with van der Waals surface area (Å²) in [5.74, 6) is 3.00. The van der Waals surface area contributed by atoms with E-state index in [1.54, 1.807) is 0 Å².